The smallest absolute Gasteiger partial charge is 0.320 e. The molecule has 1 aromatic rings. The number of aliphatic carboxylic acids is 1. The van der Waals surface area contributed by atoms with Crippen molar-refractivity contribution in [3.8, 4) is 0 Å². The zero-order valence-corrected chi connectivity index (χ0v) is 11.9. The molecule has 0 unspecified atom stereocenters. The summed E-state index contributed by atoms with van der Waals surface area (Å²) < 4.78 is 0. The van der Waals surface area contributed by atoms with E-state index in [1.165, 1.54) is 5.56 Å². The van der Waals surface area contributed by atoms with Gasteiger partial charge in [0.2, 0.25) is 0 Å². The van der Waals surface area contributed by atoms with Crippen LogP contribution in [0.2, 0.25) is 0 Å². The summed E-state index contributed by atoms with van der Waals surface area (Å²) in [7, 11) is 1.77. The first kappa shape index (κ1) is 14.4. The Morgan fingerprint density at radius 1 is 1.30 bits per heavy atom. The predicted octanol–water partition coefficient (Wildman–Crippen LogP) is 1.95. The van der Waals surface area contributed by atoms with Crippen LogP contribution in [0, 0.1) is 12.8 Å². The zero-order chi connectivity index (χ0) is 14.7. The quantitative estimate of drug-likeness (QED) is 0.914. The van der Waals surface area contributed by atoms with Crippen LogP contribution in [0.25, 0.3) is 0 Å². The molecule has 1 fully saturated rings. The van der Waals surface area contributed by atoms with E-state index < -0.39 is 5.97 Å². The Balaban J connectivity index is 1.81. The maximum atomic E-state index is 12.1. The topological polar surface area (TPSA) is 60.9 Å². The van der Waals surface area contributed by atoms with E-state index in [4.69, 9.17) is 5.11 Å². The molecule has 2 amide bonds. The fraction of sp³-hybridized carbons (Fsp3) is 0.467. The number of carboxylic acid groups (broad SMARTS) is 1. The van der Waals surface area contributed by atoms with E-state index in [9.17, 15) is 9.59 Å². The third-order valence-electron chi connectivity index (χ3n) is 3.56. The molecule has 0 bridgehead atoms. The van der Waals surface area contributed by atoms with Crippen molar-refractivity contribution in [2.45, 2.75) is 19.9 Å². The molecular weight excluding hydrogens is 256 g/mol. The fourth-order valence-corrected chi connectivity index (χ4v) is 2.38. The van der Waals surface area contributed by atoms with Crippen molar-refractivity contribution in [1.29, 1.82) is 0 Å². The Morgan fingerprint density at radius 3 is 2.45 bits per heavy atom. The molecule has 0 saturated carbocycles. The fourth-order valence-electron chi connectivity index (χ4n) is 2.38. The summed E-state index contributed by atoms with van der Waals surface area (Å²) in [5.41, 5.74) is 2.29. The first-order valence-electron chi connectivity index (χ1n) is 6.73. The van der Waals surface area contributed by atoms with Gasteiger partial charge in [0, 0.05) is 32.6 Å². The highest BCUT2D eigenvalue weighted by molar-refractivity contribution is 5.75. The van der Waals surface area contributed by atoms with Crippen LogP contribution in [0.1, 0.15) is 17.5 Å². The number of hydrogen-bond acceptors (Lipinski definition) is 2. The Kier molecular flexibility index (Phi) is 4.27. The van der Waals surface area contributed by atoms with Gasteiger partial charge in [0.25, 0.3) is 0 Å². The van der Waals surface area contributed by atoms with Crippen molar-refractivity contribution in [3.05, 3.63) is 35.4 Å². The molecule has 5 nitrogen and oxygen atoms in total. The van der Waals surface area contributed by atoms with Gasteiger partial charge in [-0.15, -0.1) is 0 Å². The van der Waals surface area contributed by atoms with Crippen LogP contribution in [0.5, 0.6) is 0 Å². The number of benzene rings is 1. The minimum Gasteiger partial charge on any atom is -0.481 e. The van der Waals surface area contributed by atoms with Gasteiger partial charge in [-0.25, -0.2) is 4.79 Å². The second-order valence-corrected chi connectivity index (χ2v) is 5.49. The molecule has 1 aliphatic rings. The first-order chi connectivity index (χ1) is 9.45. The van der Waals surface area contributed by atoms with E-state index in [1.807, 2.05) is 31.2 Å². The van der Waals surface area contributed by atoms with Gasteiger partial charge in [-0.3, -0.25) is 4.79 Å². The number of nitrogens with zero attached hydrogens (tertiary/aromatic N) is 2. The maximum Gasteiger partial charge on any atom is 0.320 e. The van der Waals surface area contributed by atoms with Crippen molar-refractivity contribution in [2.75, 3.05) is 20.1 Å². The van der Waals surface area contributed by atoms with Crippen molar-refractivity contribution in [2.24, 2.45) is 5.92 Å². The summed E-state index contributed by atoms with van der Waals surface area (Å²) >= 11 is 0. The Bertz CT molecular complexity index is 492. The number of carboxylic acids is 1. The van der Waals surface area contributed by atoms with E-state index in [1.54, 1.807) is 16.8 Å². The van der Waals surface area contributed by atoms with Gasteiger partial charge in [0.05, 0.1) is 6.42 Å². The second kappa shape index (κ2) is 5.94. The average molecular weight is 276 g/mol. The lowest BCUT2D eigenvalue weighted by Gasteiger charge is -2.40. The lowest BCUT2D eigenvalue weighted by molar-refractivity contribution is -0.139. The third-order valence-corrected chi connectivity index (χ3v) is 3.56. The standard InChI is InChI=1S/C15H20N2O3/c1-11-3-5-12(6-4-11)8-16(2)15(20)17-9-13(10-17)7-14(18)19/h3-6,13H,7-10H2,1-2H3,(H,18,19). The number of hydrogen-bond donors (Lipinski definition) is 1. The number of amides is 2. The van der Waals surface area contributed by atoms with Crippen LogP contribution in [0.3, 0.4) is 0 Å². The lowest BCUT2D eigenvalue weighted by Crippen LogP contribution is -2.54. The summed E-state index contributed by atoms with van der Waals surface area (Å²) in [5.74, 6) is -0.695. The van der Waals surface area contributed by atoms with Gasteiger partial charge >= 0.3 is 12.0 Å². The lowest BCUT2D eigenvalue weighted by atomic mass is 9.97. The van der Waals surface area contributed by atoms with Gasteiger partial charge < -0.3 is 14.9 Å². The van der Waals surface area contributed by atoms with E-state index in [-0.39, 0.29) is 18.4 Å². The summed E-state index contributed by atoms with van der Waals surface area (Å²) in [6.07, 6.45) is 0.144. The van der Waals surface area contributed by atoms with Crippen LogP contribution in [0.4, 0.5) is 4.79 Å². The molecule has 20 heavy (non-hydrogen) atoms. The molecule has 0 aromatic heterocycles. The number of carbonyl (C=O) groups is 2. The largest absolute Gasteiger partial charge is 0.481 e. The van der Waals surface area contributed by atoms with E-state index in [0.29, 0.717) is 19.6 Å². The molecule has 1 N–H and O–H groups in total. The number of rotatable bonds is 4. The van der Waals surface area contributed by atoms with Crippen molar-refractivity contribution < 1.29 is 14.7 Å². The highest BCUT2D eigenvalue weighted by Crippen LogP contribution is 2.20. The number of aryl methyl sites for hydroxylation is 1. The van der Waals surface area contributed by atoms with Crippen molar-refractivity contribution in [3.63, 3.8) is 0 Å². The summed E-state index contributed by atoms with van der Waals surface area (Å²) in [5, 5.41) is 8.69. The highest BCUT2D eigenvalue weighted by Gasteiger charge is 2.33. The summed E-state index contributed by atoms with van der Waals surface area (Å²) in [6.45, 7) is 3.69. The normalized spacial score (nSPS) is 14.8. The molecule has 0 atom stereocenters. The minimum absolute atomic E-state index is 0.0350. The molecule has 1 heterocycles. The monoisotopic (exact) mass is 276 g/mol. The van der Waals surface area contributed by atoms with Gasteiger partial charge in [-0.2, -0.15) is 0 Å². The molecule has 1 aromatic carbocycles. The van der Waals surface area contributed by atoms with Gasteiger partial charge in [-0.1, -0.05) is 29.8 Å². The molecule has 2 rings (SSSR count). The Morgan fingerprint density at radius 2 is 1.90 bits per heavy atom. The highest BCUT2D eigenvalue weighted by atomic mass is 16.4. The Hall–Kier alpha value is -2.04. The zero-order valence-electron chi connectivity index (χ0n) is 11.9. The average Bonchev–Trinajstić information content (AvgIpc) is 2.35. The summed E-state index contributed by atoms with van der Waals surface area (Å²) in [6, 6.07) is 8.05. The number of urea groups is 1. The van der Waals surface area contributed by atoms with E-state index in [2.05, 4.69) is 0 Å². The molecule has 0 spiro atoms. The van der Waals surface area contributed by atoms with Gasteiger partial charge in [0.1, 0.15) is 0 Å². The first-order valence-corrected chi connectivity index (χ1v) is 6.73. The van der Waals surface area contributed by atoms with Gasteiger partial charge in [-0.05, 0) is 12.5 Å². The molecule has 1 aliphatic heterocycles. The molecule has 0 aliphatic carbocycles. The van der Waals surface area contributed by atoms with Crippen LogP contribution >= 0.6 is 0 Å². The van der Waals surface area contributed by atoms with Crippen molar-refractivity contribution in [1.82, 2.24) is 9.80 Å². The van der Waals surface area contributed by atoms with Gasteiger partial charge in [0.15, 0.2) is 0 Å². The number of carbonyl (C=O) groups excluding carboxylic acids is 1. The van der Waals surface area contributed by atoms with Crippen molar-refractivity contribution >= 4 is 12.0 Å². The molecule has 108 valence electrons. The maximum absolute atomic E-state index is 12.1. The second-order valence-electron chi connectivity index (χ2n) is 5.49. The summed E-state index contributed by atoms with van der Waals surface area (Å²) in [4.78, 5) is 26.1. The van der Waals surface area contributed by atoms with E-state index in [0.717, 1.165) is 5.56 Å². The van der Waals surface area contributed by atoms with E-state index >= 15 is 0 Å². The van der Waals surface area contributed by atoms with Crippen LogP contribution in [-0.4, -0.2) is 47.0 Å². The van der Waals surface area contributed by atoms with Crippen LogP contribution < -0.4 is 0 Å². The minimum atomic E-state index is -0.796. The molecular formula is C15H20N2O3. The molecule has 5 heteroatoms. The number of likely N-dealkylation sites (tertiary alicyclic amines) is 1. The predicted molar refractivity (Wildman–Crippen MR) is 75.4 cm³/mol. The van der Waals surface area contributed by atoms with Crippen LogP contribution in [-0.2, 0) is 11.3 Å². The van der Waals surface area contributed by atoms with Crippen LogP contribution in [0.15, 0.2) is 24.3 Å². The Labute approximate surface area is 118 Å². The molecule has 1 saturated heterocycles. The SMILES string of the molecule is Cc1ccc(CN(C)C(=O)N2CC(CC(=O)O)C2)cc1. The third kappa shape index (κ3) is 3.50. The molecule has 0 radical (unpaired) electrons.